The summed E-state index contributed by atoms with van der Waals surface area (Å²) in [5, 5.41) is 2.97. The van der Waals surface area contributed by atoms with Crippen molar-refractivity contribution in [3.63, 3.8) is 0 Å². The molecular formula is C20H25FN2O2. The standard InChI is InChI=1S/C20H25FN2O2/c1-14-11-18(15(2)25-14)13-23-9-7-16(8-10-23)12-22-20(24)17-3-5-19(21)6-4-17/h3-6,11,16H,7-10,12-13H2,1-2H3,(H,22,24). The third-order valence-corrected chi connectivity index (χ3v) is 4.90. The van der Waals surface area contributed by atoms with Crippen LogP contribution in [0.3, 0.4) is 0 Å². The zero-order valence-corrected chi connectivity index (χ0v) is 14.8. The number of benzene rings is 1. The van der Waals surface area contributed by atoms with Crippen LogP contribution in [0.5, 0.6) is 0 Å². The quantitative estimate of drug-likeness (QED) is 0.900. The molecule has 1 aromatic heterocycles. The molecule has 3 rings (SSSR count). The number of piperidine rings is 1. The lowest BCUT2D eigenvalue weighted by Crippen LogP contribution is -2.38. The first-order chi connectivity index (χ1) is 12.0. The van der Waals surface area contributed by atoms with Gasteiger partial charge in [0.25, 0.3) is 5.91 Å². The van der Waals surface area contributed by atoms with Crippen molar-refractivity contribution >= 4 is 5.91 Å². The van der Waals surface area contributed by atoms with Crippen molar-refractivity contribution in [3.05, 3.63) is 58.8 Å². The number of hydrogen-bond donors (Lipinski definition) is 1. The Labute approximate surface area is 148 Å². The number of likely N-dealkylation sites (tertiary alicyclic amines) is 1. The molecule has 1 aliphatic heterocycles. The van der Waals surface area contributed by atoms with Gasteiger partial charge in [0, 0.05) is 24.2 Å². The van der Waals surface area contributed by atoms with Crippen molar-refractivity contribution in [1.29, 1.82) is 0 Å². The van der Waals surface area contributed by atoms with Gasteiger partial charge < -0.3 is 9.73 Å². The largest absolute Gasteiger partial charge is 0.466 e. The second-order valence-corrected chi connectivity index (χ2v) is 6.87. The lowest BCUT2D eigenvalue weighted by Gasteiger charge is -2.31. The van der Waals surface area contributed by atoms with Crippen molar-refractivity contribution < 1.29 is 13.6 Å². The normalized spacial score (nSPS) is 16.1. The monoisotopic (exact) mass is 344 g/mol. The lowest BCUT2D eigenvalue weighted by molar-refractivity contribution is 0.0935. The van der Waals surface area contributed by atoms with Crippen LogP contribution < -0.4 is 5.32 Å². The summed E-state index contributed by atoms with van der Waals surface area (Å²) in [6, 6.07) is 7.77. The molecule has 25 heavy (non-hydrogen) atoms. The van der Waals surface area contributed by atoms with E-state index in [2.05, 4.69) is 16.3 Å². The van der Waals surface area contributed by atoms with Crippen molar-refractivity contribution in [2.45, 2.75) is 33.2 Å². The highest BCUT2D eigenvalue weighted by atomic mass is 19.1. The fourth-order valence-electron chi connectivity index (χ4n) is 3.37. The third kappa shape index (κ3) is 4.69. The maximum Gasteiger partial charge on any atom is 0.251 e. The second kappa shape index (κ2) is 7.83. The van der Waals surface area contributed by atoms with E-state index in [9.17, 15) is 9.18 Å². The third-order valence-electron chi connectivity index (χ3n) is 4.90. The summed E-state index contributed by atoms with van der Waals surface area (Å²) in [4.78, 5) is 14.5. The Morgan fingerprint density at radius 3 is 2.52 bits per heavy atom. The lowest BCUT2D eigenvalue weighted by atomic mass is 9.96. The first-order valence-electron chi connectivity index (χ1n) is 8.83. The van der Waals surface area contributed by atoms with Gasteiger partial charge in [-0.3, -0.25) is 9.69 Å². The van der Waals surface area contributed by atoms with E-state index in [0.29, 0.717) is 18.0 Å². The topological polar surface area (TPSA) is 45.5 Å². The van der Waals surface area contributed by atoms with Gasteiger partial charge in [-0.25, -0.2) is 4.39 Å². The SMILES string of the molecule is Cc1cc(CN2CCC(CNC(=O)c3ccc(F)cc3)CC2)c(C)o1. The van der Waals surface area contributed by atoms with Gasteiger partial charge in [0.05, 0.1) is 0 Å². The first kappa shape index (κ1) is 17.7. The highest BCUT2D eigenvalue weighted by Gasteiger charge is 2.21. The Kier molecular flexibility index (Phi) is 5.53. The number of hydrogen-bond acceptors (Lipinski definition) is 3. The molecule has 1 aromatic carbocycles. The summed E-state index contributed by atoms with van der Waals surface area (Å²) < 4.78 is 18.5. The molecule has 0 bridgehead atoms. The number of halogens is 1. The van der Waals surface area contributed by atoms with E-state index >= 15 is 0 Å². The van der Waals surface area contributed by atoms with E-state index in [-0.39, 0.29) is 11.7 Å². The number of furan rings is 1. The summed E-state index contributed by atoms with van der Waals surface area (Å²) >= 11 is 0. The van der Waals surface area contributed by atoms with Crippen LogP contribution in [-0.4, -0.2) is 30.4 Å². The number of nitrogens with one attached hydrogen (secondary N) is 1. The van der Waals surface area contributed by atoms with Gasteiger partial charge >= 0.3 is 0 Å². The number of carbonyl (C=O) groups excluding carboxylic acids is 1. The van der Waals surface area contributed by atoms with Gasteiger partial charge in [0.2, 0.25) is 0 Å². The van der Waals surface area contributed by atoms with Crippen LogP contribution in [0.25, 0.3) is 0 Å². The van der Waals surface area contributed by atoms with E-state index in [1.165, 1.54) is 29.8 Å². The molecule has 0 radical (unpaired) electrons. The van der Waals surface area contributed by atoms with Gasteiger partial charge in [0.15, 0.2) is 0 Å². The molecule has 1 fully saturated rings. The van der Waals surface area contributed by atoms with Gasteiger partial charge in [-0.05, 0) is 76.0 Å². The average Bonchev–Trinajstić information content (AvgIpc) is 2.92. The molecule has 2 aromatic rings. The zero-order valence-electron chi connectivity index (χ0n) is 14.8. The molecule has 5 heteroatoms. The summed E-state index contributed by atoms with van der Waals surface area (Å²) in [5.41, 5.74) is 1.77. The highest BCUT2D eigenvalue weighted by molar-refractivity contribution is 5.94. The van der Waals surface area contributed by atoms with E-state index in [1.807, 2.05) is 13.8 Å². The Morgan fingerprint density at radius 2 is 1.92 bits per heavy atom. The van der Waals surface area contributed by atoms with Crippen LogP contribution in [-0.2, 0) is 6.54 Å². The molecule has 0 unspecified atom stereocenters. The predicted molar refractivity (Wildman–Crippen MR) is 94.9 cm³/mol. The molecule has 134 valence electrons. The van der Waals surface area contributed by atoms with Crippen LogP contribution >= 0.6 is 0 Å². The molecule has 0 atom stereocenters. The maximum absolute atomic E-state index is 12.9. The Balaban J connectivity index is 1.42. The molecule has 0 aliphatic carbocycles. The molecule has 4 nitrogen and oxygen atoms in total. The summed E-state index contributed by atoms with van der Waals surface area (Å²) in [7, 11) is 0. The average molecular weight is 344 g/mol. The van der Waals surface area contributed by atoms with Crippen molar-refractivity contribution in [2.24, 2.45) is 5.92 Å². The molecule has 0 spiro atoms. The van der Waals surface area contributed by atoms with E-state index in [4.69, 9.17) is 4.42 Å². The summed E-state index contributed by atoms with van der Waals surface area (Å²) in [5.74, 6) is 2.00. The van der Waals surface area contributed by atoms with E-state index in [0.717, 1.165) is 44.0 Å². The van der Waals surface area contributed by atoms with E-state index in [1.54, 1.807) is 0 Å². The van der Waals surface area contributed by atoms with Gasteiger partial charge in [-0.1, -0.05) is 0 Å². The number of carbonyl (C=O) groups is 1. The molecule has 0 saturated carbocycles. The molecule has 1 aliphatic rings. The summed E-state index contributed by atoms with van der Waals surface area (Å²) in [6.07, 6.45) is 2.14. The van der Waals surface area contributed by atoms with Crippen LogP contribution in [0.1, 0.15) is 40.3 Å². The maximum atomic E-state index is 12.9. The number of rotatable bonds is 5. The molecule has 1 saturated heterocycles. The highest BCUT2D eigenvalue weighted by Crippen LogP contribution is 2.21. The minimum Gasteiger partial charge on any atom is -0.466 e. The smallest absolute Gasteiger partial charge is 0.251 e. The summed E-state index contributed by atoms with van der Waals surface area (Å²) in [6.45, 7) is 7.65. The predicted octanol–water partition coefficient (Wildman–Crippen LogP) is 3.68. The van der Waals surface area contributed by atoms with Crippen LogP contribution in [0.15, 0.2) is 34.7 Å². The van der Waals surface area contributed by atoms with Gasteiger partial charge in [-0.2, -0.15) is 0 Å². The second-order valence-electron chi connectivity index (χ2n) is 6.87. The van der Waals surface area contributed by atoms with E-state index < -0.39 is 0 Å². The van der Waals surface area contributed by atoms with Crippen LogP contribution in [0.4, 0.5) is 4.39 Å². The Bertz CT molecular complexity index is 716. The van der Waals surface area contributed by atoms with Crippen LogP contribution in [0, 0.1) is 25.6 Å². The molecule has 1 N–H and O–H groups in total. The molecule has 1 amide bonds. The Hall–Kier alpha value is -2.14. The van der Waals surface area contributed by atoms with Gasteiger partial charge in [0.1, 0.15) is 17.3 Å². The molecule has 2 heterocycles. The first-order valence-corrected chi connectivity index (χ1v) is 8.83. The molecular weight excluding hydrogens is 319 g/mol. The number of nitrogens with zero attached hydrogens (tertiary/aromatic N) is 1. The minimum absolute atomic E-state index is 0.132. The van der Waals surface area contributed by atoms with Gasteiger partial charge in [-0.15, -0.1) is 0 Å². The number of aryl methyl sites for hydroxylation is 2. The minimum atomic E-state index is -0.327. The fraction of sp³-hybridized carbons (Fsp3) is 0.450. The van der Waals surface area contributed by atoms with Crippen molar-refractivity contribution in [1.82, 2.24) is 10.2 Å². The zero-order chi connectivity index (χ0) is 17.8. The number of amides is 1. The van der Waals surface area contributed by atoms with Crippen molar-refractivity contribution in [2.75, 3.05) is 19.6 Å². The van der Waals surface area contributed by atoms with Crippen molar-refractivity contribution in [3.8, 4) is 0 Å². The fourth-order valence-corrected chi connectivity index (χ4v) is 3.37. The van der Waals surface area contributed by atoms with Crippen LogP contribution in [0.2, 0.25) is 0 Å². The Morgan fingerprint density at radius 1 is 1.24 bits per heavy atom.